The predicted octanol–water partition coefficient (Wildman–Crippen LogP) is 6.14. The Balaban J connectivity index is 0.000000451. The Morgan fingerprint density at radius 1 is 0.593 bits per heavy atom. The van der Waals surface area contributed by atoms with Crippen molar-refractivity contribution in [2.45, 2.75) is 25.7 Å². The topological polar surface area (TPSA) is 0 Å². The molecular formula is C24H24F2Zr. The Hall–Kier alpha value is -1.86. The average Bonchev–Trinajstić information content (AvgIpc) is 3.32. The number of hydrogen-bond acceptors (Lipinski definition) is 0. The summed E-state index contributed by atoms with van der Waals surface area (Å²) in [5.41, 5.74) is 5.38. The van der Waals surface area contributed by atoms with E-state index in [1.54, 1.807) is 0 Å². The first-order valence-electron chi connectivity index (χ1n) is 8.50. The molecule has 138 valence electrons. The van der Waals surface area contributed by atoms with Gasteiger partial charge >= 0.3 is 26.2 Å². The minimum atomic E-state index is 0. The summed E-state index contributed by atoms with van der Waals surface area (Å²) in [5.74, 6) is 0. The summed E-state index contributed by atoms with van der Waals surface area (Å²) in [7, 11) is 0. The quantitative estimate of drug-likeness (QED) is 0.500. The third kappa shape index (κ3) is 9.06. The summed E-state index contributed by atoms with van der Waals surface area (Å²) in [4.78, 5) is 0. The Morgan fingerprint density at radius 3 is 1.26 bits per heavy atom. The van der Waals surface area contributed by atoms with Crippen LogP contribution in [-0.4, -0.2) is 0 Å². The van der Waals surface area contributed by atoms with E-state index in [-0.39, 0.29) is 35.6 Å². The first kappa shape index (κ1) is 25.1. The third-order valence-corrected chi connectivity index (χ3v) is 4.01. The number of allylic oxidation sites excluding steroid dienone is 8. The van der Waals surface area contributed by atoms with E-state index in [0.717, 1.165) is 25.7 Å². The van der Waals surface area contributed by atoms with Crippen LogP contribution in [0.3, 0.4) is 0 Å². The molecule has 3 heteroatoms. The molecule has 0 atom stereocenters. The van der Waals surface area contributed by atoms with E-state index in [0.29, 0.717) is 0 Å². The van der Waals surface area contributed by atoms with Crippen molar-refractivity contribution in [1.29, 1.82) is 0 Å². The molecule has 0 bridgehead atoms. The maximum Gasteiger partial charge on any atom is 2.00 e. The van der Waals surface area contributed by atoms with Crippen molar-refractivity contribution in [3.05, 3.63) is 119 Å². The molecular weight excluding hydrogens is 417 g/mol. The van der Waals surface area contributed by atoms with Gasteiger partial charge in [-0.15, -0.1) is 12.8 Å². The molecule has 27 heavy (non-hydrogen) atoms. The van der Waals surface area contributed by atoms with Gasteiger partial charge in [0.05, 0.1) is 0 Å². The monoisotopic (exact) mass is 440 g/mol. The molecule has 0 aliphatic heterocycles. The van der Waals surface area contributed by atoms with Gasteiger partial charge in [0.2, 0.25) is 0 Å². The number of halogens is 2. The molecule has 0 N–H and O–H groups in total. The van der Waals surface area contributed by atoms with E-state index in [2.05, 4.69) is 85.0 Å². The molecule has 0 amide bonds. The SMILES string of the molecule is F.F.[C-]1=C(Cc2ccccc2)C=CC1.[C-]1=C(Cc2ccccc2)C=CC1.[Zr+2]. The fourth-order valence-electron chi connectivity index (χ4n) is 2.77. The van der Waals surface area contributed by atoms with Crippen molar-refractivity contribution in [3.8, 4) is 0 Å². The van der Waals surface area contributed by atoms with Gasteiger partial charge in [-0.1, -0.05) is 60.7 Å². The van der Waals surface area contributed by atoms with Crippen LogP contribution >= 0.6 is 0 Å². The van der Waals surface area contributed by atoms with Crippen molar-refractivity contribution >= 4 is 0 Å². The van der Waals surface area contributed by atoms with Gasteiger partial charge in [0.1, 0.15) is 0 Å². The molecule has 0 spiro atoms. The van der Waals surface area contributed by atoms with Crippen LogP contribution in [-0.2, 0) is 39.0 Å². The predicted molar refractivity (Wildman–Crippen MR) is 106 cm³/mol. The summed E-state index contributed by atoms with van der Waals surface area (Å²) >= 11 is 0. The Morgan fingerprint density at radius 2 is 0.963 bits per heavy atom. The minimum Gasteiger partial charge on any atom is -0.269 e. The second-order valence-electron chi connectivity index (χ2n) is 5.94. The van der Waals surface area contributed by atoms with Crippen LogP contribution in [0.1, 0.15) is 24.0 Å². The number of hydrogen-bond donors (Lipinski definition) is 0. The summed E-state index contributed by atoms with van der Waals surface area (Å²) in [5, 5.41) is 0. The molecule has 0 nitrogen and oxygen atoms in total. The molecule has 0 fully saturated rings. The molecule has 4 rings (SSSR count). The third-order valence-electron chi connectivity index (χ3n) is 4.01. The van der Waals surface area contributed by atoms with Crippen LogP contribution < -0.4 is 0 Å². The summed E-state index contributed by atoms with van der Waals surface area (Å²) in [6.07, 6.45) is 19.3. The standard InChI is InChI=1S/2C12H11.2FH.Zr/c2*1-2-6-11(7-3-1)10-12-8-4-5-9-12;;;/h2*1-4,6-8H,5,10H2;2*1H;/q2*-1;;;+2. The van der Waals surface area contributed by atoms with E-state index in [9.17, 15) is 0 Å². The maximum atomic E-state index is 3.31. The van der Waals surface area contributed by atoms with Crippen molar-refractivity contribution in [2.24, 2.45) is 0 Å². The van der Waals surface area contributed by atoms with E-state index in [1.165, 1.54) is 22.3 Å². The summed E-state index contributed by atoms with van der Waals surface area (Å²) < 4.78 is 0. The van der Waals surface area contributed by atoms with Gasteiger partial charge in [-0.25, -0.2) is 23.3 Å². The molecule has 0 heterocycles. The molecule has 0 saturated carbocycles. The van der Waals surface area contributed by atoms with Gasteiger partial charge in [-0.2, -0.15) is 12.2 Å². The fourth-order valence-corrected chi connectivity index (χ4v) is 2.77. The van der Waals surface area contributed by atoms with E-state index in [1.807, 2.05) is 12.1 Å². The van der Waals surface area contributed by atoms with Crippen LogP contribution in [0.4, 0.5) is 9.41 Å². The average molecular weight is 442 g/mol. The van der Waals surface area contributed by atoms with Gasteiger partial charge in [0.25, 0.3) is 0 Å². The largest absolute Gasteiger partial charge is 2.00 e. The molecule has 2 aromatic rings. The zero-order chi connectivity index (χ0) is 16.5. The van der Waals surface area contributed by atoms with Crippen LogP contribution in [0, 0.1) is 12.2 Å². The van der Waals surface area contributed by atoms with Gasteiger partial charge < -0.3 is 0 Å². The van der Waals surface area contributed by atoms with E-state index < -0.39 is 0 Å². The van der Waals surface area contributed by atoms with Crippen molar-refractivity contribution < 1.29 is 35.6 Å². The smallest absolute Gasteiger partial charge is 0.269 e. The Labute approximate surface area is 180 Å². The molecule has 0 saturated heterocycles. The van der Waals surface area contributed by atoms with Gasteiger partial charge in [0, 0.05) is 0 Å². The minimum absolute atomic E-state index is 0. The van der Waals surface area contributed by atoms with Crippen molar-refractivity contribution in [1.82, 2.24) is 0 Å². The Kier molecular flexibility index (Phi) is 13.3. The first-order chi connectivity index (χ1) is 11.9. The molecule has 2 aliphatic rings. The van der Waals surface area contributed by atoms with Crippen molar-refractivity contribution in [2.75, 3.05) is 0 Å². The second kappa shape index (κ2) is 14.2. The second-order valence-corrected chi connectivity index (χ2v) is 5.94. The van der Waals surface area contributed by atoms with Crippen LogP contribution in [0.2, 0.25) is 0 Å². The summed E-state index contributed by atoms with van der Waals surface area (Å²) in [6, 6.07) is 21.0. The Bertz CT molecular complexity index is 692. The zero-order valence-corrected chi connectivity index (χ0v) is 17.7. The van der Waals surface area contributed by atoms with Gasteiger partial charge in [0.15, 0.2) is 0 Å². The number of benzene rings is 2. The molecule has 0 aromatic heterocycles. The molecule has 2 aromatic carbocycles. The van der Waals surface area contributed by atoms with Crippen LogP contribution in [0.15, 0.2) is 96.1 Å². The number of rotatable bonds is 4. The van der Waals surface area contributed by atoms with E-state index in [4.69, 9.17) is 0 Å². The summed E-state index contributed by atoms with van der Waals surface area (Å²) in [6.45, 7) is 0. The molecule has 0 radical (unpaired) electrons. The van der Waals surface area contributed by atoms with Crippen LogP contribution in [0.25, 0.3) is 0 Å². The molecule has 2 aliphatic carbocycles. The van der Waals surface area contributed by atoms with Gasteiger partial charge in [-0.05, 0) is 24.0 Å². The fraction of sp³-hybridized carbons (Fsp3) is 0.167. The normalized spacial score (nSPS) is 13.2. The van der Waals surface area contributed by atoms with Gasteiger partial charge in [-0.3, -0.25) is 21.6 Å². The zero-order valence-electron chi connectivity index (χ0n) is 15.2. The van der Waals surface area contributed by atoms with Crippen molar-refractivity contribution in [3.63, 3.8) is 0 Å². The molecule has 0 unspecified atom stereocenters. The van der Waals surface area contributed by atoms with Crippen LogP contribution in [0.5, 0.6) is 0 Å². The first-order valence-corrected chi connectivity index (χ1v) is 8.50. The maximum absolute atomic E-state index is 3.31. The van der Waals surface area contributed by atoms with E-state index >= 15 is 0 Å².